The first-order valence-electron chi connectivity index (χ1n) is 11.2. The molecule has 1 aliphatic heterocycles. The van der Waals surface area contributed by atoms with E-state index in [4.69, 9.17) is 19.3 Å². The van der Waals surface area contributed by atoms with Gasteiger partial charge in [0.25, 0.3) is 0 Å². The van der Waals surface area contributed by atoms with Gasteiger partial charge in [-0.25, -0.2) is 9.18 Å². The normalized spacial score (nSPS) is 13.8. The molecule has 0 unspecified atom stereocenters. The maximum Gasteiger partial charge on any atom is 0.341 e. The van der Waals surface area contributed by atoms with E-state index in [1.807, 2.05) is 24.3 Å². The molecule has 1 aliphatic rings. The fraction of sp³-hybridized carbons (Fsp3) is 0.154. The Morgan fingerprint density at radius 1 is 1.11 bits per heavy atom. The van der Waals surface area contributed by atoms with Gasteiger partial charge < -0.3 is 24.6 Å². The number of aliphatic carboxylic acids is 1. The molecule has 0 amide bonds. The summed E-state index contributed by atoms with van der Waals surface area (Å²) in [7, 11) is 1.47. The molecule has 37 heavy (non-hydrogen) atoms. The first-order valence-corrected chi connectivity index (χ1v) is 12.2. The molecule has 0 radical (unpaired) electrons. The lowest BCUT2D eigenvalue weighted by atomic mass is 10.1. The molecule has 11 heteroatoms. The minimum absolute atomic E-state index is 0.209. The van der Waals surface area contributed by atoms with Crippen LogP contribution in [0.1, 0.15) is 17.4 Å². The zero-order valence-corrected chi connectivity index (χ0v) is 20.4. The average molecular weight is 521 g/mol. The van der Waals surface area contributed by atoms with Crippen molar-refractivity contribution in [3.63, 3.8) is 0 Å². The number of hydrogen-bond acceptors (Lipinski definition) is 9. The topological polar surface area (TPSA) is 116 Å². The van der Waals surface area contributed by atoms with Crippen LogP contribution in [0.4, 0.5) is 10.1 Å². The Labute approximate surface area is 215 Å². The van der Waals surface area contributed by atoms with Crippen molar-refractivity contribution in [2.75, 3.05) is 19.0 Å². The number of carboxylic acid groups (broad SMARTS) is 1. The van der Waals surface area contributed by atoms with Gasteiger partial charge in [-0.2, -0.15) is 4.98 Å². The molecule has 3 aromatic carbocycles. The molecule has 1 aromatic heterocycles. The number of carboxylic acids is 1. The number of aromatic nitrogens is 3. The number of para-hydroxylation sites is 2. The van der Waals surface area contributed by atoms with E-state index in [2.05, 4.69) is 20.5 Å². The van der Waals surface area contributed by atoms with Crippen LogP contribution in [0.25, 0.3) is 11.3 Å². The SMILES string of the molecule is COc1cccc([C@H]2Nc3ccccc3-c3nnc(SCc4ccccc4F)nc3O2)c1OCC(=O)O. The van der Waals surface area contributed by atoms with Crippen LogP contribution in [0.15, 0.2) is 71.9 Å². The Balaban J connectivity index is 1.52. The van der Waals surface area contributed by atoms with Gasteiger partial charge in [-0.05, 0) is 29.8 Å². The van der Waals surface area contributed by atoms with Gasteiger partial charge in [-0.3, -0.25) is 0 Å². The molecular formula is C26H21FN4O5S. The highest BCUT2D eigenvalue weighted by Crippen LogP contribution is 2.43. The molecule has 0 saturated heterocycles. The fourth-order valence-corrected chi connectivity index (χ4v) is 4.56. The van der Waals surface area contributed by atoms with E-state index in [-0.39, 0.29) is 17.4 Å². The number of methoxy groups -OCH3 is 1. The third kappa shape index (κ3) is 5.26. The zero-order valence-electron chi connectivity index (χ0n) is 19.6. The molecule has 0 bridgehead atoms. The molecule has 0 spiro atoms. The summed E-state index contributed by atoms with van der Waals surface area (Å²) >= 11 is 1.23. The Morgan fingerprint density at radius 2 is 1.92 bits per heavy atom. The number of nitrogens with one attached hydrogen (secondary N) is 1. The van der Waals surface area contributed by atoms with Crippen LogP contribution >= 0.6 is 11.8 Å². The third-order valence-electron chi connectivity index (χ3n) is 5.50. The highest BCUT2D eigenvalue weighted by molar-refractivity contribution is 7.98. The van der Waals surface area contributed by atoms with Gasteiger partial charge in [0, 0.05) is 17.0 Å². The van der Waals surface area contributed by atoms with Gasteiger partial charge in [0.15, 0.2) is 23.8 Å². The second-order valence-electron chi connectivity index (χ2n) is 7.88. The minimum Gasteiger partial charge on any atom is -0.493 e. The monoisotopic (exact) mass is 520 g/mol. The van der Waals surface area contributed by atoms with E-state index < -0.39 is 18.8 Å². The summed E-state index contributed by atoms with van der Waals surface area (Å²) in [5.74, 6) is -0.338. The number of benzene rings is 3. The fourth-order valence-electron chi connectivity index (χ4n) is 3.80. The smallest absolute Gasteiger partial charge is 0.341 e. The number of nitrogens with zero attached hydrogens (tertiary/aromatic N) is 3. The van der Waals surface area contributed by atoms with Crippen LogP contribution in [0.2, 0.25) is 0 Å². The quantitative estimate of drug-likeness (QED) is 0.309. The molecule has 0 aliphatic carbocycles. The first kappa shape index (κ1) is 24.3. The summed E-state index contributed by atoms with van der Waals surface area (Å²) in [4.78, 5) is 15.8. The Kier molecular flexibility index (Phi) is 7.04. The maximum absolute atomic E-state index is 14.1. The van der Waals surface area contributed by atoms with Crippen molar-refractivity contribution in [1.29, 1.82) is 0 Å². The van der Waals surface area contributed by atoms with E-state index >= 15 is 0 Å². The highest BCUT2D eigenvalue weighted by atomic mass is 32.2. The summed E-state index contributed by atoms with van der Waals surface area (Å²) in [6.07, 6.45) is -0.831. The Morgan fingerprint density at radius 3 is 2.73 bits per heavy atom. The van der Waals surface area contributed by atoms with Crippen molar-refractivity contribution < 1.29 is 28.5 Å². The summed E-state index contributed by atoms with van der Waals surface area (Å²) in [6.45, 7) is -0.562. The van der Waals surface area contributed by atoms with Gasteiger partial charge in [0.1, 0.15) is 5.82 Å². The number of thioether (sulfide) groups is 1. The van der Waals surface area contributed by atoms with Crippen molar-refractivity contribution in [1.82, 2.24) is 15.2 Å². The van der Waals surface area contributed by atoms with Gasteiger partial charge in [-0.15, -0.1) is 10.2 Å². The number of anilines is 1. The van der Waals surface area contributed by atoms with Crippen LogP contribution < -0.4 is 19.5 Å². The van der Waals surface area contributed by atoms with E-state index in [1.54, 1.807) is 36.4 Å². The molecule has 0 fully saturated rings. The molecule has 5 rings (SSSR count). The van der Waals surface area contributed by atoms with Crippen LogP contribution in [0.3, 0.4) is 0 Å². The summed E-state index contributed by atoms with van der Waals surface area (Å²) in [5, 5.41) is 21.4. The molecule has 1 atom stereocenters. The van der Waals surface area contributed by atoms with E-state index in [9.17, 15) is 9.18 Å². The number of hydrogen-bond donors (Lipinski definition) is 2. The number of carbonyl (C=O) groups is 1. The van der Waals surface area contributed by atoms with Gasteiger partial charge >= 0.3 is 5.97 Å². The summed E-state index contributed by atoms with van der Waals surface area (Å²) in [5.41, 5.74) is 2.88. The Bertz CT molecular complexity index is 1450. The second kappa shape index (κ2) is 10.7. The minimum atomic E-state index is -1.13. The van der Waals surface area contributed by atoms with E-state index in [1.165, 1.54) is 24.9 Å². The van der Waals surface area contributed by atoms with Crippen molar-refractivity contribution >= 4 is 23.4 Å². The standard InChI is InChI=1S/C26H21FN4O5S/c1-34-20-12-6-9-17(23(20)35-13-21(32)33)24-28-19-11-5-3-8-16(19)22-25(36-24)29-26(31-30-22)37-14-15-7-2-4-10-18(15)27/h2-12,24,28H,13-14H2,1H3,(H,32,33)/t24-/m0/s1. The molecule has 2 N–H and O–H groups in total. The van der Waals surface area contributed by atoms with Crippen molar-refractivity contribution in [3.8, 4) is 28.6 Å². The van der Waals surface area contributed by atoms with Crippen LogP contribution in [0.5, 0.6) is 17.4 Å². The second-order valence-corrected chi connectivity index (χ2v) is 8.82. The largest absolute Gasteiger partial charge is 0.493 e. The summed E-state index contributed by atoms with van der Waals surface area (Å²) in [6, 6.07) is 19.1. The number of halogens is 1. The van der Waals surface area contributed by atoms with Gasteiger partial charge in [0.05, 0.1) is 12.7 Å². The zero-order chi connectivity index (χ0) is 25.8. The third-order valence-corrected chi connectivity index (χ3v) is 6.39. The lowest BCUT2D eigenvalue weighted by molar-refractivity contribution is -0.139. The predicted octanol–water partition coefficient (Wildman–Crippen LogP) is 4.95. The van der Waals surface area contributed by atoms with Crippen LogP contribution in [-0.4, -0.2) is 40.0 Å². The predicted molar refractivity (Wildman–Crippen MR) is 134 cm³/mol. The van der Waals surface area contributed by atoms with E-state index in [0.717, 1.165) is 5.56 Å². The van der Waals surface area contributed by atoms with Gasteiger partial charge in [-0.1, -0.05) is 54.2 Å². The number of rotatable bonds is 8. The average Bonchev–Trinajstić information content (AvgIpc) is 3.07. The molecule has 9 nitrogen and oxygen atoms in total. The number of fused-ring (bicyclic) bond motifs is 3. The highest BCUT2D eigenvalue weighted by Gasteiger charge is 2.29. The van der Waals surface area contributed by atoms with Crippen LogP contribution in [-0.2, 0) is 10.5 Å². The van der Waals surface area contributed by atoms with Crippen LogP contribution in [0, 0.1) is 5.82 Å². The van der Waals surface area contributed by atoms with Crippen molar-refractivity contribution in [3.05, 3.63) is 83.7 Å². The molecule has 0 saturated carbocycles. The van der Waals surface area contributed by atoms with E-state index in [0.29, 0.717) is 39.2 Å². The molecule has 4 aromatic rings. The first-order chi connectivity index (χ1) is 18.0. The van der Waals surface area contributed by atoms with Gasteiger partial charge in [0.2, 0.25) is 17.3 Å². The molecule has 188 valence electrons. The summed E-state index contributed by atoms with van der Waals surface area (Å²) < 4.78 is 31.4. The lowest BCUT2D eigenvalue weighted by Gasteiger charge is -2.22. The lowest BCUT2D eigenvalue weighted by Crippen LogP contribution is -2.20. The van der Waals surface area contributed by atoms with Crippen molar-refractivity contribution in [2.24, 2.45) is 0 Å². The van der Waals surface area contributed by atoms with Crippen molar-refractivity contribution in [2.45, 2.75) is 17.1 Å². The maximum atomic E-state index is 14.1. The Hall–Kier alpha value is -4.38. The number of ether oxygens (including phenoxy) is 3. The molecule has 2 heterocycles. The molecular weight excluding hydrogens is 499 g/mol.